The highest BCUT2D eigenvalue weighted by Crippen LogP contribution is 2.37. The number of nitrogens with one attached hydrogen (secondary N) is 2. The summed E-state index contributed by atoms with van der Waals surface area (Å²) in [5.74, 6) is 1.02. The summed E-state index contributed by atoms with van der Waals surface area (Å²) in [5.41, 5.74) is 1.40. The van der Waals surface area contributed by atoms with Crippen LogP contribution >= 0.6 is 0 Å². The maximum atomic E-state index is 12.1. The van der Waals surface area contributed by atoms with Crippen LogP contribution in [0.3, 0.4) is 0 Å². The van der Waals surface area contributed by atoms with E-state index in [0.717, 1.165) is 18.4 Å². The van der Waals surface area contributed by atoms with Crippen LogP contribution in [0.5, 0.6) is 0 Å². The van der Waals surface area contributed by atoms with Crippen LogP contribution in [0, 0.1) is 0 Å². The van der Waals surface area contributed by atoms with Crippen molar-refractivity contribution < 1.29 is 0 Å². The summed E-state index contributed by atoms with van der Waals surface area (Å²) >= 11 is 0. The summed E-state index contributed by atoms with van der Waals surface area (Å²) < 4.78 is 1.20. The second-order valence-corrected chi connectivity index (χ2v) is 5.44. The van der Waals surface area contributed by atoms with Gasteiger partial charge in [0.25, 0.3) is 5.56 Å². The summed E-state index contributed by atoms with van der Waals surface area (Å²) in [6.45, 7) is 0. The lowest BCUT2D eigenvalue weighted by Crippen LogP contribution is -2.21. The predicted octanol–water partition coefficient (Wildman–Crippen LogP) is 1.18. The molecule has 0 spiro atoms. The highest BCUT2D eigenvalue weighted by atomic mass is 16.2. The first-order valence-electron chi connectivity index (χ1n) is 7.00. The number of hydrogen-bond acceptors (Lipinski definition) is 3. The Morgan fingerprint density at radius 1 is 1.19 bits per heavy atom. The van der Waals surface area contributed by atoms with E-state index < -0.39 is 0 Å². The average Bonchev–Trinajstić information content (AvgIpc) is 3.28. The van der Waals surface area contributed by atoms with Crippen LogP contribution in [0.25, 0.3) is 5.65 Å². The first kappa shape index (κ1) is 12.1. The number of aromatic nitrogens is 4. The molecule has 1 aliphatic rings. The van der Waals surface area contributed by atoms with Crippen LogP contribution in [0.4, 0.5) is 0 Å². The molecule has 2 heterocycles. The lowest BCUT2D eigenvalue weighted by Gasteiger charge is -2.01. The Morgan fingerprint density at radius 3 is 2.67 bits per heavy atom. The number of nitrogens with zero attached hydrogens (tertiary/aromatic N) is 2. The molecule has 1 aromatic carbocycles. The molecule has 3 aromatic rings. The van der Waals surface area contributed by atoms with Gasteiger partial charge in [-0.15, -0.1) is 0 Å². The van der Waals surface area contributed by atoms with Gasteiger partial charge in [0.15, 0.2) is 5.65 Å². The van der Waals surface area contributed by atoms with E-state index in [1.807, 2.05) is 30.3 Å². The Hall–Kier alpha value is -2.63. The van der Waals surface area contributed by atoms with E-state index in [0.29, 0.717) is 29.4 Å². The molecule has 2 N–H and O–H groups in total. The molecule has 0 saturated heterocycles. The normalized spacial score (nSPS) is 14.7. The van der Waals surface area contributed by atoms with Gasteiger partial charge in [-0.05, 0) is 18.4 Å². The third kappa shape index (κ3) is 2.08. The van der Waals surface area contributed by atoms with Crippen molar-refractivity contribution in [2.75, 3.05) is 0 Å². The maximum absolute atomic E-state index is 12.1. The number of benzene rings is 1. The predicted molar refractivity (Wildman–Crippen MR) is 77.7 cm³/mol. The molecule has 106 valence electrons. The Bertz CT molecular complexity index is 916. The number of fused-ring (bicyclic) bond motifs is 1. The summed E-state index contributed by atoms with van der Waals surface area (Å²) in [6, 6.07) is 9.70. The van der Waals surface area contributed by atoms with Crippen molar-refractivity contribution in [3.63, 3.8) is 0 Å². The smallest absolute Gasteiger partial charge is 0.294 e. The van der Waals surface area contributed by atoms with Gasteiger partial charge >= 0.3 is 5.69 Å². The van der Waals surface area contributed by atoms with E-state index in [2.05, 4.69) is 15.1 Å². The van der Waals surface area contributed by atoms with Crippen molar-refractivity contribution in [2.45, 2.75) is 25.2 Å². The molecule has 0 unspecified atom stereocenters. The van der Waals surface area contributed by atoms with E-state index in [1.54, 1.807) is 0 Å². The van der Waals surface area contributed by atoms with Crippen molar-refractivity contribution in [3.8, 4) is 0 Å². The van der Waals surface area contributed by atoms with E-state index >= 15 is 0 Å². The number of H-pyrrole nitrogens is 2. The first-order chi connectivity index (χ1) is 10.2. The second-order valence-electron chi connectivity index (χ2n) is 5.44. The molecular formula is C15H14N4O2. The summed E-state index contributed by atoms with van der Waals surface area (Å²) in [6.07, 6.45) is 2.55. The topological polar surface area (TPSA) is 83.0 Å². The summed E-state index contributed by atoms with van der Waals surface area (Å²) in [7, 11) is 0. The average molecular weight is 282 g/mol. The van der Waals surface area contributed by atoms with Gasteiger partial charge in [-0.25, -0.2) is 9.78 Å². The monoisotopic (exact) mass is 282 g/mol. The van der Waals surface area contributed by atoms with Crippen molar-refractivity contribution in [3.05, 3.63) is 68.1 Å². The van der Waals surface area contributed by atoms with Gasteiger partial charge in [0, 0.05) is 12.3 Å². The minimum absolute atomic E-state index is 0.259. The maximum Gasteiger partial charge on any atom is 0.347 e. The number of aromatic amines is 2. The molecule has 1 saturated carbocycles. The Labute approximate surface area is 119 Å². The summed E-state index contributed by atoms with van der Waals surface area (Å²) in [5, 5.41) is 2.56. The van der Waals surface area contributed by atoms with Gasteiger partial charge in [0.1, 0.15) is 5.82 Å². The second kappa shape index (κ2) is 4.44. The zero-order valence-electron chi connectivity index (χ0n) is 11.3. The standard InChI is InChI=1S/C15H14N4O2/c20-14-11(8-9-4-2-1-3-5-9)13-16-12(10-6-7-10)17-15(21)19(13)18-14/h1-5,10H,6-8H2,(H,18,20)(H,16,17,21). The molecule has 21 heavy (non-hydrogen) atoms. The highest BCUT2D eigenvalue weighted by molar-refractivity contribution is 5.48. The summed E-state index contributed by atoms with van der Waals surface area (Å²) in [4.78, 5) is 31.4. The molecular weight excluding hydrogens is 268 g/mol. The first-order valence-corrected chi connectivity index (χ1v) is 7.00. The van der Waals surface area contributed by atoms with Crippen LogP contribution in [-0.2, 0) is 6.42 Å². The van der Waals surface area contributed by atoms with Crippen molar-refractivity contribution in [2.24, 2.45) is 0 Å². The fraction of sp³-hybridized carbons (Fsp3) is 0.267. The van der Waals surface area contributed by atoms with Crippen LogP contribution < -0.4 is 11.2 Å². The lowest BCUT2D eigenvalue weighted by atomic mass is 10.1. The third-order valence-electron chi connectivity index (χ3n) is 3.82. The fourth-order valence-electron chi connectivity index (χ4n) is 2.54. The Balaban J connectivity index is 1.89. The van der Waals surface area contributed by atoms with Crippen molar-refractivity contribution in [1.82, 2.24) is 19.6 Å². The van der Waals surface area contributed by atoms with E-state index in [9.17, 15) is 9.59 Å². The molecule has 2 aromatic heterocycles. The van der Waals surface area contributed by atoms with Crippen LogP contribution in [-0.4, -0.2) is 19.6 Å². The minimum Gasteiger partial charge on any atom is -0.294 e. The van der Waals surface area contributed by atoms with Gasteiger partial charge in [-0.2, -0.15) is 4.52 Å². The molecule has 0 bridgehead atoms. The quantitative estimate of drug-likeness (QED) is 0.756. The molecule has 6 nitrogen and oxygen atoms in total. The van der Waals surface area contributed by atoms with Crippen molar-refractivity contribution in [1.29, 1.82) is 0 Å². The molecule has 1 aliphatic carbocycles. The Kier molecular flexibility index (Phi) is 2.57. The molecule has 6 heteroatoms. The van der Waals surface area contributed by atoms with E-state index in [4.69, 9.17) is 0 Å². The van der Waals surface area contributed by atoms with Crippen molar-refractivity contribution >= 4 is 5.65 Å². The molecule has 0 amide bonds. The largest absolute Gasteiger partial charge is 0.347 e. The van der Waals surface area contributed by atoms with Gasteiger partial charge in [0.05, 0.1) is 5.56 Å². The number of hydrogen-bond donors (Lipinski definition) is 2. The van der Waals surface area contributed by atoms with Crippen LogP contribution in [0.1, 0.15) is 35.7 Å². The van der Waals surface area contributed by atoms with E-state index in [1.165, 1.54) is 4.52 Å². The van der Waals surface area contributed by atoms with Gasteiger partial charge < -0.3 is 0 Å². The van der Waals surface area contributed by atoms with Gasteiger partial charge in [0.2, 0.25) is 0 Å². The number of rotatable bonds is 3. The van der Waals surface area contributed by atoms with Gasteiger partial charge in [-0.1, -0.05) is 30.3 Å². The highest BCUT2D eigenvalue weighted by Gasteiger charge is 2.27. The Morgan fingerprint density at radius 2 is 1.95 bits per heavy atom. The molecule has 0 aliphatic heterocycles. The fourth-order valence-corrected chi connectivity index (χ4v) is 2.54. The zero-order chi connectivity index (χ0) is 14.4. The molecule has 4 rings (SSSR count). The SMILES string of the molecule is O=c1[nH]n2c(=O)[nH]c(C3CC3)nc2c1Cc1ccccc1. The molecule has 1 fully saturated rings. The van der Waals surface area contributed by atoms with Gasteiger partial charge in [-0.3, -0.25) is 14.9 Å². The molecule has 0 radical (unpaired) electrons. The van der Waals surface area contributed by atoms with E-state index in [-0.39, 0.29) is 11.2 Å². The van der Waals surface area contributed by atoms with Crippen LogP contribution in [0.2, 0.25) is 0 Å². The molecule has 0 atom stereocenters. The minimum atomic E-state index is -0.335. The third-order valence-corrected chi connectivity index (χ3v) is 3.82. The lowest BCUT2D eigenvalue weighted by molar-refractivity contribution is 0.786. The zero-order valence-corrected chi connectivity index (χ0v) is 11.3. The van der Waals surface area contributed by atoms with Crippen LogP contribution in [0.15, 0.2) is 39.9 Å².